The Hall–Kier alpha value is -0.820. The van der Waals surface area contributed by atoms with Crippen molar-refractivity contribution in [2.45, 2.75) is 0 Å². The van der Waals surface area contributed by atoms with Crippen LogP contribution in [0.3, 0.4) is 0 Å². The van der Waals surface area contributed by atoms with E-state index in [-0.39, 0.29) is 11.4 Å². The smallest absolute Gasteiger partial charge is 0.301 e. The minimum absolute atomic E-state index is 0.0956. The number of rotatable bonds is 5. The lowest BCUT2D eigenvalue weighted by Crippen LogP contribution is -2.41. The molecule has 0 amide bonds. The standard InChI is InChI=1S/C16H15ClF2IN3O2S2/c17-11-9-10(20)1-3-13(11)21-16-14(4-2-12(18)15(16)19)22-27(24,25)23-5-7-26-8-6-23/h1-4,9,21-22H,5-8H2. The summed E-state index contributed by atoms with van der Waals surface area (Å²) in [5.74, 6) is -0.931. The van der Waals surface area contributed by atoms with E-state index in [1.54, 1.807) is 30.0 Å². The van der Waals surface area contributed by atoms with Crippen molar-refractivity contribution >= 4 is 73.2 Å². The van der Waals surface area contributed by atoms with Gasteiger partial charge in [0.2, 0.25) is 0 Å². The monoisotopic (exact) mass is 545 g/mol. The van der Waals surface area contributed by atoms with Crippen molar-refractivity contribution in [3.8, 4) is 0 Å². The summed E-state index contributed by atoms with van der Waals surface area (Å²) in [5.41, 5.74) is -0.0915. The van der Waals surface area contributed by atoms with Gasteiger partial charge in [0.1, 0.15) is 5.69 Å². The molecule has 11 heteroatoms. The van der Waals surface area contributed by atoms with Crippen molar-refractivity contribution in [2.24, 2.45) is 0 Å². The summed E-state index contributed by atoms with van der Waals surface area (Å²) in [6.07, 6.45) is 0. The first kappa shape index (κ1) is 20.9. The number of nitrogens with zero attached hydrogens (tertiary/aromatic N) is 1. The van der Waals surface area contributed by atoms with E-state index in [1.165, 1.54) is 10.4 Å². The van der Waals surface area contributed by atoms with Crippen LogP contribution in [0.5, 0.6) is 0 Å². The fourth-order valence-electron chi connectivity index (χ4n) is 2.47. The molecule has 2 aromatic carbocycles. The first-order valence-electron chi connectivity index (χ1n) is 7.83. The van der Waals surface area contributed by atoms with Gasteiger partial charge in [0.25, 0.3) is 0 Å². The highest BCUT2D eigenvalue weighted by Gasteiger charge is 2.26. The molecule has 1 fully saturated rings. The van der Waals surface area contributed by atoms with Crippen molar-refractivity contribution in [1.82, 2.24) is 4.31 Å². The van der Waals surface area contributed by atoms with E-state index < -0.39 is 21.8 Å². The summed E-state index contributed by atoms with van der Waals surface area (Å²) in [5, 5.41) is 3.00. The topological polar surface area (TPSA) is 61.4 Å². The van der Waals surface area contributed by atoms with Gasteiger partial charge in [-0.2, -0.15) is 24.5 Å². The van der Waals surface area contributed by atoms with E-state index in [2.05, 4.69) is 32.6 Å². The number of anilines is 3. The summed E-state index contributed by atoms with van der Waals surface area (Å²) < 4.78 is 57.9. The maximum Gasteiger partial charge on any atom is 0.301 e. The zero-order chi connectivity index (χ0) is 19.6. The second kappa shape index (κ2) is 8.68. The van der Waals surface area contributed by atoms with Gasteiger partial charge in [0.15, 0.2) is 11.6 Å². The fraction of sp³-hybridized carbons (Fsp3) is 0.250. The summed E-state index contributed by atoms with van der Waals surface area (Å²) in [7, 11) is -3.89. The molecule has 3 rings (SSSR count). The molecule has 1 saturated heterocycles. The summed E-state index contributed by atoms with van der Waals surface area (Å²) in [6, 6.07) is 7.05. The Morgan fingerprint density at radius 2 is 1.78 bits per heavy atom. The Labute approximate surface area is 179 Å². The van der Waals surface area contributed by atoms with E-state index in [1.807, 2.05) is 0 Å². The Balaban J connectivity index is 1.95. The van der Waals surface area contributed by atoms with Gasteiger partial charge < -0.3 is 5.32 Å². The number of thioether (sulfide) groups is 1. The second-order valence-electron chi connectivity index (χ2n) is 5.65. The van der Waals surface area contributed by atoms with E-state index in [0.717, 1.165) is 9.64 Å². The quantitative estimate of drug-likeness (QED) is 0.536. The Morgan fingerprint density at radius 1 is 1.11 bits per heavy atom. The predicted octanol–water partition coefficient (Wildman–Crippen LogP) is 4.67. The van der Waals surface area contributed by atoms with Crippen LogP contribution in [0.1, 0.15) is 0 Å². The number of hydrogen-bond acceptors (Lipinski definition) is 4. The average molecular weight is 546 g/mol. The van der Waals surface area contributed by atoms with Crippen molar-refractivity contribution in [3.05, 3.63) is 50.6 Å². The SMILES string of the molecule is O=S(=O)(Nc1ccc(F)c(F)c1Nc1ccc(I)cc1Cl)N1CCSCC1. The summed E-state index contributed by atoms with van der Waals surface area (Å²) in [4.78, 5) is 0. The summed E-state index contributed by atoms with van der Waals surface area (Å²) >= 11 is 9.88. The van der Waals surface area contributed by atoms with Gasteiger partial charge in [-0.15, -0.1) is 0 Å². The van der Waals surface area contributed by atoms with Crippen LogP contribution in [-0.4, -0.2) is 37.3 Å². The van der Waals surface area contributed by atoms with Crippen molar-refractivity contribution in [2.75, 3.05) is 34.6 Å². The molecule has 0 aromatic heterocycles. The molecule has 5 nitrogen and oxygen atoms in total. The molecule has 0 unspecified atom stereocenters. The van der Waals surface area contributed by atoms with E-state index >= 15 is 0 Å². The normalized spacial score (nSPS) is 15.6. The van der Waals surface area contributed by atoms with E-state index in [0.29, 0.717) is 35.3 Å². The lowest BCUT2D eigenvalue weighted by atomic mass is 10.2. The van der Waals surface area contributed by atoms with Crippen LogP contribution in [0.2, 0.25) is 5.02 Å². The molecular weight excluding hydrogens is 531 g/mol. The van der Waals surface area contributed by atoms with Gasteiger partial charge in [0.05, 0.1) is 16.4 Å². The third-order valence-corrected chi connectivity index (χ3v) is 7.28. The maximum absolute atomic E-state index is 14.4. The largest absolute Gasteiger partial charge is 0.350 e. The molecule has 0 aliphatic carbocycles. The molecule has 1 heterocycles. The molecule has 2 aromatic rings. The van der Waals surface area contributed by atoms with Gasteiger partial charge >= 0.3 is 10.2 Å². The summed E-state index contributed by atoms with van der Waals surface area (Å²) in [6.45, 7) is 0.713. The van der Waals surface area contributed by atoms with Crippen molar-refractivity contribution in [1.29, 1.82) is 0 Å². The van der Waals surface area contributed by atoms with Crippen LogP contribution in [0.4, 0.5) is 25.8 Å². The lowest BCUT2D eigenvalue weighted by Gasteiger charge is -2.26. The van der Waals surface area contributed by atoms with Crippen LogP contribution in [-0.2, 0) is 10.2 Å². The molecular formula is C16H15ClF2IN3O2S2. The van der Waals surface area contributed by atoms with Crippen LogP contribution in [0, 0.1) is 15.2 Å². The molecule has 1 aliphatic rings. The van der Waals surface area contributed by atoms with Gasteiger partial charge in [-0.05, 0) is 52.9 Å². The highest BCUT2D eigenvalue weighted by Crippen LogP contribution is 2.34. The molecule has 0 spiro atoms. The molecule has 146 valence electrons. The maximum atomic E-state index is 14.4. The van der Waals surface area contributed by atoms with Crippen LogP contribution in [0.15, 0.2) is 30.3 Å². The Kier molecular flexibility index (Phi) is 6.72. The first-order valence-corrected chi connectivity index (χ1v) is 11.9. The third kappa shape index (κ3) is 4.97. The highest BCUT2D eigenvalue weighted by atomic mass is 127. The molecule has 2 N–H and O–H groups in total. The van der Waals surface area contributed by atoms with Crippen LogP contribution < -0.4 is 10.0 Å². The van der Waals surface area contributed by atoms with E-state index in [9.17, 15) is 17.2 Å². The first-order chi connectivity index (χ1) is 12.8. The molecule has 0 saturated carbocycles. The molecule has 27 heavy (non-hydrogen) atoms. The number of nitrogens with one attached hydrogen (secondary N) is 2. The lowest BCUT2D eigenvalue weighted by molar-refractivity contribution is 0.448. The second-order valence-corrected chi connectivity index (χ2v) is 10.2. The Morgan fingerprint density at radius 3 is 2.44 bits per heavy atom. The zero-order valence-corrected chi connectivity index (χ0v) is 18.4. The van der Waals surface area contributed by atoms with Gasteiger partial charge in [0, 0.05) is 28.2 Å². The number of benzene rings is 2. The van der Waals surface area contributed by atoms with Crippen LogP contribution in [0.25, 0.3) is 0 Å². The van der Waals surface area contributed by atoms with Crippen LogP contribution >= 0.6 is 46.0 Å². The van der Waals surface area contributed by atoms with Gasteiger partial charge in [-0.1, -0.05) is 11.6 Å². The minimum atomic E-state index is -3.89. The molecule has 1 aliphatic heterocycles. The third-order valence-electron chi connectivity index (χ3n) is 3.83. The minimum Gasteiger partial charge on any atom is -0.350 e. The number of halogens is 4. The highest BCUT2D eigenvalue weighted by molar-refractivity contribution is 14.1. The molecule has 0 bridgehead atoms. The van der Waals surface area contributed by atoms with Gasteiger partial charge in [-0.3, -0.25) is 4.72 Å². The fourth-order valence-corrected chi connectivity index (χ4v) is 5.75. The van der Waals surface area contributed by atoms with Crippen molar-refractivity contribution in [3.63, 3.8) is 0 Å². The zero-order valence-electron chi connectivity index (χ0n) is 13.8. The molecule has 0 radical (unpaired) electrons. The van der Waals surface area contributed by atoms with Crippen molar-refractivity contribution < 1.29 is 17.2 Å². The predicted molar refractivity (Wildman–Crippen MR) is 115 cm³/mol. The van der Waals surface area contributed by atoms with Gasteiger partial charge in [-0.25, -0.2) is 8.78 Å². The average Bonchev–Trinajstić information content (AvgIpc) is 2.63. The number of hydrogen-bond donors (Lipinski definition) is 2. The Bertz CT molecular complexity index is 957. The molecule has 0 atom stereocenters. The van der Waals surface area contributed by atoms with E-state index in [4.69, 9.17) is 11.6 Å².